The molecule has 0 spiro atoms. The number of ether oxygens (including phenoxy) is 2. The molecule has 0 radical (unpaired) electrons. The van der Waals surface area contributed by atoms with E-state index >= 15 is 0 Å². The number of carbonyl (C=O) groups is 2. The summed E-state index contributed by atoms with van der Waals surface area (Å²) in [6.07, 6.45) is 5.18. The van der Waals surface area contributed by atoms with E-state index in [0.717, 1.165) is 22.6 Å². The normalized spacial score (nSPS) is 11.2. The molecule has 1 aromatic carbocycles. The maximum Gasteiger partial charge on any atom is 0.342 e. The van der Waals surface area contributed by atoms with Gasteiger partial charge >= 0.3 is 11.9 Å². The first-order valence-corrected chi connectivity index (χ1v) is 9.95. The molecule has 1 aromatic heterocycles. The quantitative estimate of drug-likeness (QED) is 0.514. The number of esters is 2. The van der Waals surface area contributed by atoms with Crippen LogP contribution in [0.1, 0.15) is 40.1 Å². The fourth-order valence-electron chi connectivity index (χ4n) is 2.47. The Bertz CT molecular complexity index is 915. The van der Waals surface area contributed by atoms with Gasteiger partial charge in [0.15, 0.2) is 0 Å². The van der Waals surface area contributed by atoms with Crippen LogP contribution in [0.2, 0.25) is 0 Å². The number of rotatable bonds is 8. The van der Waals surface area contributed by atoms with Crippen molar-refractivity contribution < 1.29 is 19.1 Å². The third-order valence-corrected chi connectivity index (χ3v) is 4.78. The van der Waals surface area contributed by atoms with E-state index in [2.05, 4.69) is 4.99 Å². The van der Waals surface area contributed by atoms with Crippen LogP contribution in [0.4, 0.5) is 15.7 Å². The third kappa shape index (κ3) is 5.68. The Morgan fingerprint density at radius 1 is 1.07 bits per heavy atom. The molecule has 154 valence electrons. The Hall–Kier alpha value is -3.13. The molecule has 0 atom stereocenters. The van der Waals surface area contributed by atoms with Crippen LogP contribution in [0.5, 0.6) is 0 Å². The van der Waals surface area contributed by atoms with Gasteiger partial charge in [-0.15, -0.1) is 0 Å². The van der Waals surface area contributed by atoms with Gasteiger partial charge in [0.2, 0.25) is 0 Å². The largest absolute Gasteiger partial charge is 0.462 e. The molecule has 7 nitrogen and oxygen atoms in total. The van der Waals surface area contributed by atoms with E-state index in [-0.39, 0.29) is 29.3 Å². The smallest absolute Gasteiger partial charge is 0.342 e. The Labute approximate surface area is 174 Å². The average molecular weight is 416 g/mol. The topological polar surface area (TPSA) is 94.2 Å². The molecule has 0 saturated heterocycles. The molecule has 2 aromatic rings. The monoisotopic (exact) mass is 415 g/mol. The van der Waals surface area contributed by atoms with E-state index in [9.17, 15) is 9.59 Å². The number of carbonyl (C=O) groups excluding carboxylic acids is 2. The van der Waals surface area contributed by atoms with Crippen LogP contribution >= 0.6 is 11.3 Å². The summed E-state index contributed by atoms with van der Waals surface area (Å²) in [5, 5.41) is 0.471. The van der Waals surface area contributed by atoms with Crippen molar-refractivity contribution in [1.82, 2.24) is 0 Å². The van der Waals surface area contributed by atoms with E-state index in [1.807, 2.05) is 49.3 Å². The molecule has 29 heavy (non-hydrogen) atoms. The van der Waals surface area contributed by atoms with Gasteiger partial charge in [0.05, 0.1) is 13.2 Å². The highest BCUT2D eigenvalue weighted by Crippen LogP contribution is 2.38. The summed E-state index contributed by atoms with van der Waals surface area (Å²) < 4.78 is 10.1. The number of hydrogen-bond acceptors (Lipinski definition) is 8. The summed E-state index contributed by atoms with van der Waals surface area (Å²) in [5.74, 6) is -1.32. The van der Waals surface area contributed by atoms with Gasteiger partial charge in [0.25, 0.3) is 0 Å². The minimum atomic E-state index is -0.665. The Balaban J connectivity index is 2.27. The Kier molecular flexibility index (Phi) is 7.97. The van der Waals surface area contributed by atoms with E-state index in [4.69, 9.17) is 15.2 Å². The summed E-state index contributed by atoms with van der Waals surface area (Å²) in [5.41, 5.74) is 8.11. The van der Waals surface area contributed by atoms with Gasteiger partial charge in [-0.1, -0.05) is 29.5 Å². The van der Waals surface area contributed by atoms with Crippen LogP contribution < -0.4 is 10.6 Å². The molecular formula is C21H25N3O4S. The number of allylic oxidation sites excluding steroid dienone is 1. The van der Waals surface area contributed by atoms with E-state index in [1.165, 1.54) is 0 Å². The van der Waals surface area contributed by atoms with Crippen LogP contribution in [0.3, 0.4) is 0 Å². The highest BCUT2D eigenvalue weighted by atomic mass is 32.1. The minimum absolute atomic E-state index is 0.00528. The van der Waals surface area contributed by atoms with Crippen molar-refractivity contribution >= 4 is 51.3 Å². The lowest BCUT2D eigenvalue weighted by Gasteiger charge is -2.11. The molecule has 0 saturated carbocycles. The highest BCUT2D eigenvalue weighted by Gasteiger charge is 2.29. The summed E-state index contributed by atoms with van der Waals surface area (Å²) in [6, 6.07) is 8.01. The lowest BCUT2D eigenvalue weighted by Crippen LogP contribution is -2.13. The molecule has 1 heterocycles. The Morgan fingerprint density at radius 2 is 1.66 bits per heavy atom. The van der Waals surface area contributed by atoms with Crippen molar-refractivity contribution in [3.05, 3.63) is 47.0 Å². The average Bonchev–Trinajstić information content (AvgIpc) is 3.02. The first kappa shape index (κ1) is 22.2. The van der Waals surface area contributed by atoms with Crippen molar-refractivity contribution in [3.8, 4) is 0 Å². The van der Waals surface area contributed by atoms with Crippen molar-refractivity contribution in [2.24, 2.45) is 4.99 Å². The lowest BCUT2D eigenvalue weighted by atomic mass is 10.1. The zero-order valence-electron chi connectivity index (χ0n) is 17.0. The van der Waals surface area contributed by atoms with Gasteiger partial charge in [0, 0.05) is 26.0 Å². The first-order chi connectivity index (χ1) is 13.9. The number of thiophene rings is 1. The molecule has 0 aliphatic rings. The van der Waals surface area contributed by atoms with Crippen LogP contribution in [0.25, 0.3) is 6.08 Å². The minimum Gasteiger partial charge on any atom is -0.462 e. The van der Waals surface area contributed by atoms with E-state index in [1.54, 1.807) is 26.1 Å². The van der Waals surface area contributed by atoms with Crippen molar-refractivity contribution in [2.45, 2.75) is 13.8 Å². The fraction of sp³-hybridized carbons (Fsp3) is 0.286. The van der Waals surface area contributed by atoms with Crippen molar-refractivity contribution in [2.75, 3.05) is 37.9 Å². The second-order valence-corrected chi connectivity index (χ2v) is 7.12. The number of nitrogens with two attached hydrogens (primary N) is 1. The molecule has 0 aliphatic heterocycles. The first-order valence-electron chi connectivity index (χ1n) is 9.13. The lowest BCUT2D eigenvalue weighted by molar-refractivity contribution is 0.0481. The van der Waals surface area contributed by atoms with Crippen LogP contribution in [-0.4, -0.2) is 45.5 Å². The number of anilines is 2. The zero-order chi connectivity index (χ0) is 21.4. The predicted molar refractivity (Wildman–Crippen MR) is 119 cm³/mol. The number of nitrogens with zero attached hydrogens (tertiary/aromatic N) is 2. The molecule has 2 N–H and O–H groups in total. The summed E-state index contributed by atoms with van der Waals surface area (Å²) in [6.45, 7) is 3.71. The molecule has 0 amide bonds. The molecule has 8 heteroatoms. The van der Waals surface area contributed by atoms with Crippen molar-refractivity contribution in [1.29, 1.82) is 0 Å². The van der Waals surface area contributed by atoms with Gasteiger partial charge in [0.1, 0.15) is 21.1 Å². The highest BCUT2D eigenvalue weighted by molar-refractivity contribution is 7.20. The zero-order valence-corrected chi connectivity index (χ0v) is 17.8. The summed E-state index contributed by atoms with van der Waals surface area (Å²) in [4.78, 5) is 30.9. The van der Waals surface area contributed by atoms with Crippen LogP contribution in [0, 0.1) is 0 Å². The van der Waals surface area contributed by atoms with E-state index < -0.39 is 11.9 Å². The fourth-order valence-corrected chi connectivity index (χ4v) is 3.37. The van der Waals surface area contributed by atoms with Crippen molar-refractivity contribution in [3.63, 3.8) is 0 Å². The van der Waals surface area contributed by atoms with Gasteiger partial charge in [-0.2, -0.15) is 0 Å². The maximum absolute atomic E-state index is 12.4. The summed E-state index contributed by atoms with van der Waals surface area (Å²) in [7, 11) is 3.96. The third-order valence-electron chi connectivity index (χ3n) is 3.85. The molecule has 2 rings (SSSR count). The molecule has 0 unspecified atom stereocenters. The molecular weight excluding hydrogens is 390 g/mol. The van der Waals surface area contributed by atoms with Gasteiger partial charge in [-0.3, -0.25) is 0 Å². The number of nitrogen functional groups attached to an aromatic ring is 1. The van der Waals surface area contributed by atoms with Gasteiger partial charge in [-0.25, -0.2) is 14.6 Å². The second-order valence-electron chi connectivity index (χ2n) is 6.09. The van der Waals surface area contributed by atoms with E-state index in [0.29, 0.717) is 5.00 Å². The van der Waals surface area contributed by atoms with Gasteiger partial charge < -0.3 is 20.1 Å². The molecule has 0 bridgehead atoms. The SMILES string of the molecule is CCOC(=O)c1c(N)sc(/N=C/C=C/c2ccc(N(C)C)cc2)c1C(=O)OCC. The Morgan fingerprint density at radius 3 is 2.21 bits per heavy atom. The van der Waals surface area contributed by atoms with Crippen LogP contribution in [-0.2, 0) is 9.47 Å². The van der Waals surface area contributed by atoms with Gasteiger partial charge in [-0.05, 0) is 37.6 Å². The summed E-state index contributed by atoms with van der Waals surface area (Å²) >= 11 is 1.04. The number of hydrogen-bond donors (Lipinski definition) is 1. The number of benzene rings is 1. The maximum atomic E-state index is 12.4. The number of aliphatic imine (C=N–C) groups is 1. The molecule has 0 aliphatic carbocycles. The molecule has 0 fully saturated rings. The second kappa shape index (κ2) is 10.4. The predicted octanol–water partition coefficient (Wildman–Crippen LogP) is 4.17. The standard InChI is InChI=1S/C21H25N3O4S/c1-5-27-20(25)16-17(21(26)28-6-2)19(29-18(16)22)23-13-7-8-14-9-11-15(12-10-14)24(3)4/h7-13H,5-6,22H2,1-4H3/b8-7+,23-13+. The van der Waals surface area contributed by atoms with Crippen LogP contribution in [0.15, 0.2) is 35.3 Å².